The Hall–Kier alpha value is -3.16. The Kier molecular flexibility index (Phi) is 7.05. The summed E-state index contributed by atoms with van der Waals surface area (Å²) in [6, 6.07) is 15.2. The summed E-state index contributed by atoms with van der Waals surface area (Å²) in [6.07, 6.45) is 0. The molecule has 0 radical (unpaired) electrons. The van der Waals surface area contributed by atoms with E-state index in [1.54, 1.807) is 17.7 Å². The molecule has 7 heteroatoms. The predicted molar refractivity (Wildman–Crippen MR) is 138 cm³/mol. The van der Waals surface area contributed by atoms with Gasteiger partial charge in [-0.15, -0.1) is 0 Å². The number of nitrogens with zero attached hydrogens (tertiary/aromatic N) is 3. The Morgan fingerprint density at radius 2 is 1.79 bits per heavy atom. The fourth-order valence-electron chi connectivity index (χ4n) is 4.12. The lowest BCUT2D eigenvalue weighted by atomic mass is 10.1. The molecule has 0 aliphatic carbocycles. The molecule has 34 heavy (non-hydrogen) atoms. The largest absolute Gasteiger partial charge is 0.383 e. The SMILES string of the molecule is COCCn1c(C)cc(C(=O)CSc2nc3ccccc3c(=O)n2-c2ccc(C)c(C)c2)c1C. The number of rotatable bonds is 8. The quantitative estimate of drug-likeness (QED) is 0.203. The number of hydrogen-bond acceptors (Lipinski definition) is 5. The standard InChI is InChI=1S/C27H29N3O3S/c1-17-10-11-21(14-18(17)2)30-26(32)22-8-6-7-9-24(22)28-27(30)34-16-25(31)23-15-19(3)29(20(23)4)12-13-33-5/h6-11,14-15H,12-13,16H2,1-5H3. The number of hydrogen-bond donors (Lipinski definition) is 0. The van der Waals surface area contributed by atoms with Crippen LogP contribution < -0.4 is 5.56 Å². The van der Waals surface area contributed by atoms with Crippen LogP contribution in [0, 0.1) is 27.7 Å². The highest BCUT2D eigenvalue weighted by atomic mass is 32.2. The summed E-state index contributed by atoms with van der Waals surface area (Å²) in [7, 11) is 1.67. The zero-order valence-electron chi connectivity index (χ0n) is 20.2. The van der Waals surface area contributed by atoms with Gasteiger partial charge in [-0.1, -0.05) is 30.0 Å². The molecule has 176 valence electrons. The number of Topliss-reactive ketones (excluding diaryl/α,β-unsaturated/α-hetero) is 1. The number of thioether (sulfide) groups is 1. The maximum Gasteiger partial charge on any atom is 0.266 e. The van der Waals surface area contributed by atoms with Crippen molar-refractivity contribution in [3.8, 4) is 5.69 Å². The van der Waals surface area contributed by atoms with E-state index in [4.69, 9.17) is 9.72 Å². The van der Waals surface area contributed by atoms with Crippen LogP contribution in [-0.4, -0.2) is 39.4 Å². The molecule has 0 aliphatic heterocycles. The first-order chi connectivity index (χ1) is 16.3. The van der Waals surface area contributed by atoms with Crippen LogP contribution >= 0.6 is 11.8 Å². The van der Waals surface area contributed by atoms with Crippen molar-refractivity contribution in [2.75, 3.05) is 19.5 Å². The third-order valence-corrected chi connectivity index (χ3v) is 7.16. The Bertz CT molecular complexity index is 1440. The topological polar surface area (TPSA) is 66.1 Å². The number of methoxy groups -OCH3 is 1. The van der Waals surface area contributed by atoms with Crippen molar-refractivity contribution in [2.45, 2.75) is 39.4 Å². The second-order valence-corrected chi connectivity index (χ2v) is 9.40. The number of aromatic nitrogens is 3. The van der Waals surface area contributed by atoms with Gasteiger partial charge < -0.3 is 9.30 Å². The fourth-order valence-corrected chi connectivity index (χ4v) is 5.02. The molecule has 0 fully saturated rings. The number of aryl methyl sites for hydroxylation is 3. The molecule has 0 atom stereocenters. The maximum atomic E-state index is 13.5. The fraction of sp³-hybridized carbons (Fsp3) is 0.296. The minimum absolute atomic E-state index is 0.0100. The monoisotopic (exact) mass is 475 g/mol. The summed E-state index contributed by atoms with van der Waals surface area (Å²) in [4.78, 5) is 31.4. The van der Waals surface area contributed by atoms with Gasteiger partial charge in [0.1, 0.15) is 0 Å². The summed E-state index contributed by atoms with van der Waals surface area (Å²) in [5.41, 5.74) is 6.13. The molecule has 0 saturated heterocycles. The zero-order chi connectivity index (χ0) is 24.4. The van der Waals surface area contributed by atoms with E-state index in [1.165, 1.54) is 11.8 Å². The summed E-state index contributed by atoms with van der Waals surface area (Å²) in [5.74, 6) is 0.195. The first-order valence-electron chi connectivity index (χ1n) is 11.2. The maximum absolute atomic E-state index is 13.5. The van der Waals surface area contributed by atoms with E-state index in [1.807, 2.05) is 70.2 Å². The number of ether oxygens (including phenoxy) is 1. The third kappa shape index (κ3) is 4.58. The van der Waals surface area contributed by atoms with Crippen LogP contribution in [0.2, 0.25) is 0 Å². The lowest BCUT2D eigenvalue weighted by molar-refractivity contribution is 0.102. The van der Waals surface area contributed by atoms with E-state index in [0.29, 0.717) is 34.8 Å². The van der Waals surface area contributed by atoms with Crippen LogP contribution in [0.1, 0.15) is 32.9 Å². The Morgan fingerprint density at radius 3 is 2.53 bits per heavy atom. The Balaban J connectivity index is 1.71. The van der Waals surface area contributed by atoms with E-state index in [2.05, 4.69) is 4.57 Å². The normalized spacial score (nSPS) is 11.3. The number of para-hydroxylation sites is 1. The number of ketones is 1. The minimum Gasteiger partial charge on any atom is -0.383 e. The van der Waals surface area contributed by atoms with Gasteiger partial charge in [0.25, 0.3) is 5.56 Å². The molecule has 0 spiro atoms. The van der Waals surface area contributed by atoms with E-state index in [-0.39, 0.29) is 17.1 Å². The van der Waals surface area contributed by atoms with Gasteiger partial charge in [0.2, 0.25) is 0 Å². The molecule has 2 heterocycles. The molecule has 0 N–H and O–H groups in total. The molecule has 0 aliphatic rings. The van der Waals surface area contributed by atoms with Crippen LogP contribution in [-0.2, 0) is 11.3 Å². The van der Waals surface area contributed by atoms with Gasteiger partial charge in [-0.05, 0) is 69.2 Å². The highest BCUT2D eigenvalue weighted by Crippen LogP contribution is 2.25. The molecular formula is C27H29N3O3S. The molecular weight excluding hydrogens is 446 g/mol. The smallest absolute Gasteiger partial charge is 0.266 e. The van der Waals surface area contributed by atoms with Crippen LogP contribution in [0.15, 0.2) is 58.5 Å². The molecule has 0 saturated carbocycles. The molecule has 2 aromatic carbocycles. The Labute approximate surface area is 203 Å². The molecule has 0 unspecified atom stereocenters. The van der Waals surface area contributed by atoms with Gasteiger partial charge in [0, 0.05) is 30.6 Å². The zero-order valence-corrected chi connectivity index (χ0v) is 21.0. The van der Waals surface area contributed by atoms with Crippen molar-refractivity contribution in [3.05, 3.63) is 87.0 Å². The second-order valence-electron chi connectivity index (χ2n) is 8.46. The number of fused-ring (bicyclic) bond motifs is 1. The molecule has 0 amide bonds. The predicted octanol–water partition coefficient (Wildman–Crippen LogP) is 5.04. The van der Waals surface area contributed by atoms with E-state index in [9.17, 15) is 9.59 Å². The Morgan fingerprint density at radius 1 is 1.03 bits per heavy atom. The van der Waals surface area contributed by atoms with Crippen molar-refractivity contribution in [1.82, 2.24) is 14.1 Å². The molecule has 6 nitrogen and oxygen atoms in total. The van der Waals surface area contributed by atoms with Gasteiger partial charge in [-0.3, -0.25) is 14.2 Å². The van der Waals surface area contributed by atoms with E-state index >= 15 is 0 Å². The van der Waals surface area contributed by atoms with Crippen LogP contribution in [0.5, 0.6) is 0 Å². The molecule has 2 aromatic heterocycles. The number of benzene rings is 2. The van der Waals surface area contributed by atoms with Crippen molar-refractivity contribution in [3.63, 3.8) is 0 Å². The molecule has 4 rings (SSSR count). The lowest BCUT2D eigenvalue weighted by Gasteiger charge is -2.14. The van der Waals surface area contributed by atoms with Gasteiger partial charge in [-0.25, -0.2) is 4.98 Å². The molecule has 0 bridgehead atoms. The summed E-state index contributed by atoms with van der Waals surface area (Å²) in [5, 5.41) is 1.06. The average Bonchev–Trinajstić information content (AvgIpc) is 3.11. The first kappa shape index (κ1) is 24.0. The van der Waals surface area contributed by atoms with Crippen LogP contribution in [0.4, 0.5) is 0 Å². The second kappa shape index (κ2) is 9.99. The van der Waals surface area contributed by atoms with Gasteiger partial charge >= 0.3 is 0 Å². The number of carbonyl (C=O) groups is 1. The van der Waals surface area contributed by atoms with Crippen molar-refractivity contribution in [1.29, 1.82) is 0 Å². The molecule has 4 aromatic rings. The third-order valence-electron chi connectivity index (χ3n) is 6.22. The highest BCUT2D eigenvalue weighted by Gasteiger charge is 2.19. The lowest BCUT2D eigenvalue weighted by Crippen LogP contribution is -2.22. The van der Waals surface area contributed by atoms with E-state index < -0.39 is 0 Å². The van der Waals surface area contributed by atoms with Gasteiger partial charge in [0.15, 0.2) is 10.9 Å². The summed E-state index contributed by atoms with van der Waals surface area (Å²) >= 11 is 1.29. The number of carbonyl (C=O) groups excluding carboxylic acids is 1. The minimum atomic E-state index is -0.137. The van der Waals surface area contributed by atoms with Crippen LogP contribution in [0.3, 0.4) is 0 Å². The van der Waals surface area contributed by atoms with Crippen molar-refractivity contribution in [2.24, 2.45) is 0 Å². The van der Waals surface area contributed by atoms with Gasteiger partial charge in [0.05, 0.1) is 29.0 Å². The highest BCUT2D eigenvalue weighted by molar-refractivity contribution is 7.99. The van der Waals surface area contributed by atoms with Crippen molar-refractivity contribution >= 4 is 28.4 Å². The van der Waals surface area contributed by atoms with Gasteiger partial charge in [-0.2, -0.15) is 0 Å². The summed E-state index contributed by atoms with van der Waals surface area (Å²) < 4.78 is 8.92. The first-order valence-corrected chi connectivity index (χ1v) is 12.2. The average molecular weight is 476 g/mol. The van der Waals surface area contributed by atoms with E-state index in [0.717, 1.165) is 28.2 Å². The summed E-state index contributed by atoms with van der Waals surface area (Å²) in [6.45, 7) is 9.30. The van der Waals surface area contributed by atoms with Crippen LogP contribution in [0.25, 0.3) is 16.6 Å². The van der Waals surface area contributed by atoms with Crippen molar-refractivity contribution < 1.29 is 9.53 Å².